The maximum atomic E-state index is 12.1. The summed E-state index contributed by atoms with van der Waals surface area (Å²) in [5.41, 5.74) is 0.831. The molecule has 1 aromatic carbocycles. The van der Waals surface area contributed by atoms with Gasteiger partial charge in [-0.1, -0.05) is 37.3 Å². The van der Waals surface area contributed by atoms with Crippen LogP contribution in [0, 0.1) is 0 Å². The molecule has 0 radical (unpaired) electrons. The van der Waals surface area contributed by atoms with E-state index >= 15 is 0 Å². The van der Waals surface area contributed by atoms with Crippen LogP contribution in [0.3, 0.4) is 0 Å². The summed E-state index contributed by atoms with van der Waals surface area (Å²) < 4.78 is 42.4. The normalized spacial score (nSPS) is 28.7. The lowest BCUT2D eigenvalue weighted by atomic mass is 10.0. The van der Waals surface area contributed by atoms with Crippen LogP contribution < -0.4 is 0 Å². The first kappa shape index (κ1) is 14.8. The number of hydrogen-bond acceptors (Lipinski definition) is 4. The third-order valence-electron chi connectivity index (χ3n) is 2.97. The Balaban J connectivity index is 2.26. The number of rotatable bonds is 4. The molecular weight excluding hydrogens is 286 g/mol. The molecule has 5 nitrogen and oxygen atoms in total. The predicted molar refractivity (Wildman–Crippen MR) is 73.8 cm³/mol. The third kappa shape index (κ3) is 2.95. The smallest absolute Gasteiger partial charge is 0.256 e. The molecule has 3 unspecified atom stereocenters. The second-order valence-corrected chi connectivity index (χ2v) is 7.67. The van der Waals surface area contributed by atoms with Crippen molar-refractivity contribution in [2.24, 2.45) is 0 Å². The molecule has 19 heavy (non-hydrogen) atoms. The summed E-state index contributed by atoms with van der Waals surface area (Å²) in [5, 5.41) is 0. The SMILES string of the molecule is CCCS(=O)(=O)N1C(C)C(c2ccccc2)O[S+]1[O-]. The van der Waals surface area contributed by atoms with Crippen molar-refractivity contribution in [3.05, 3.63) is 35.9 Å². The van der Waals surface area contributed by atoms with Crippen LogP contribution in [0.1, 0.15) is 31.9 Å². The standard InChI is InChI=1S/C12H17NO4S2/c1-3-9-19(15,16)13-10(2)12(17-18(13)14)11-7-5-4-6-8-11/h4-8,10,12H,3,9H2,1-2H3. The van der Waals surface area contributed by atoms with Gasteiger partial charge < -0.3 is 4.55 Å². The summed E-state index contributed by atoms with van der Waals surface area (Å²) >= 11 is -1.95. The van der Waals surface area contributed by atoms with Gasteiger partial charge in [-0.15, -0.1) is 4.18 Å². The third-order valence-corrected chi connectivity index (χ3v) is 6.82. The quantitative estimate of drug-likeness (QED) is 0.795. The highest BCUT2D eigenvalue weighted by molar-refractivity contribution is 8.02. The summed E-state index contributed by atoms with van der Waals surface area (Å²) in [6.45, 7) is 3.49. The van der Waals surface area contributed by atoms with Crippen LogP contribution in [0.4, 0.5) is 0 Å². The number of nitrogens with zero attached hydrogens (tertiary/aromatic N) is 1. The fourth-order valence-corrected chi connectivity index (χ4v) is 5.43. The van der Waals surface area contributed by atoms with Crippen molar-refractivity contribution >= 4 is 21.7 Å². The van der Waals surface area contributed by atoms with Crippen molar-refractivity contribution in [2.75, 3.05) is 5.75 Å². The van der Waals surface area contributed by atoms with E-state index in [1.807, 2.05) is 30.3 Å². The molecule has 0 saturated carbocycles. The maximum Gasteiger partial charge on any atom is 0.256 e. The van der Waals surface area contributed by atoms with E-state index in [4.69, 9.17) is 4.18 Å². The molecule has 0 aromatic heterocycles. The Bertz CT molecular complexity index is 520. The average molecular weight is 303 g/mol. The van der Waals surface area contributed by atoms with Crippen LogP contribution in [-0.2, 0) is 25.8 Å². The highest BCUT2D eigenvalue weighted by atomic mass is 32.3. The van der Waals surface area contributed by atoms with Gasteiger partial charge in [-0.05, 0) is 18.9 Å². The molecule has 0 bridgehead atoms. The monoisotopic (exact) mass is 303 g/mol. The van der Waals surface area contributed by atoms with Gasteiger partial charge in [0.25, 0.3) is 10.0 Å². The van der Waals surface area contributed by atoms with Crippen LogP contribution >= 0.6 is 0 Å². The summed E-state index contributed by atoms with van der Waals surface area (Å²) in [6.07, 6.45) is -0.00710. The molecule has 1 fully saturated rings. The van der Waals surface area contributed by atoms with Gasteiger partial charge in [0.15, 0.2) is 6.10 Å². The van der Waals surface area contributed by atoms with E-state index in [2.05, 4.69) is 0 Å². The minimum Gasteiger partial charge on any atom is -0.565 e. The van der Waals surface area contributed by atoms with Gasteiger partial charge in [-0.3, -0.25) is 0 Å². The Labute approximate surface area is 117 Å². The lowest BCUT2D eigenvalue weighted by Crippen LogP contribution is -2.39. The molecule has 3 atom stereocenters. The van der Waals surface area contributed by atoms with Gasteiger partial charge in [0.1, 0.15) is 6.04 Å². The topological polar surface area (TPSA) is 69.7 Å². The first-order valence-corrected chi connectivity index (χ1v) is 8.77. The van der Waals surface area contributed by atoms with E-state index in [0.717, 1.165) is 9.27 Å². The summed E-state index contributed by atoms with van der Waals surface area (Å²) in [6, 6.07) is 8.77. The van der Waals surface area contributed by atoms with Crippen LogP contribution in [0.5, 0.6) is 0 Å². The second kappa shape index (κ2) is 5.80. The number of hydrogen-bond donors (Lipinski definition) is 0. The molecule has 1 aliphatic heterocycles. The lowest BCUT2D eigenvalue weighted by Gasteiger charge is -2.16. The maximum absolute atomic E-state index is 12.1. The zero-order valence-electron chi connectivity index (χ0n) is 10.9. The first-order valence-electron chi connectivity index (χ1n) is 6.13. The van der Waals surface area contributed by atoms with Crippen molar-refractivity contribution in [3.8, 4) is 0 Å². The first-order chi connectivity index (χ1) is 8.97. The molecule has 0 amide bonds. The molecule has 0 aliphatic carbocycles. The summed E-state index contributed by atoms with van der Waals surface area (Å²) in [7, 11) is -3.54. The van der Waals surface area contributed by atoms with E-state index < -0.39 is 33.8 Å². The number of benzene rings is 1. The molecule has 0 N–H and O–H groups in total. The number of sulfonamides is 1. The Hall–Kier alpha value is -0.600. The van der Waals surface area contributed by atoms with Crippen molar-refractivity contribution in [3.63, 3.8) is 0 Å². The van der Waals surface area contributed by atoms with Crippen molar-refractivity contribution in [2.45, 2.75) is 32.4 Å². The van der Waals surface area contributed by atoms with Crippen molar-refractivity contribution < 1.29 is 17.2 Å². The second-order valence-electron chi connectivity index (χ2n) is 4.46. The molecule has 0 spiro atoms. The zero-order valence-corrected chi connectivity index (χ0v) is 12.5. The van der Waals surface area contributed by atoms with E-state index in [1.165, 1.54) is 0 Å². The van der Waals surface area contributed by atoms with Gasteiger partial charge in [-0.2, -0.15) is 0 Å². The molecular formula is C12H17NO4S2. The Kier molecular flexibility index (Phi) is 4.52. The van der Waals surface area contributed by atoms with Gasteiger partial charge >= 0.3 is 0 Å². The molecule has 7 heteroatoms. The summed E-state index contributed by atoms with van der Waals surface area (Å²) in [5.74, 6) is -0.0199. The Morgan fingerprint density at radius 1 is 1.37 bits per heavy atom. The molecule has 2 rings (SSSR count). The van der Waals surface area contributed by atoms with E-state index in [-0.39, 0.29) is 5.75 Å². The molecule has 1 saturated heterocycles. The lowest BCUT2D eigenvalue weighted by molar-refractivity contribution is 0.218. The molecule has 106 valence electrons. The van der Waals surface area contributed by atoms with Crippen LogP contribution in [0.2, 0.25) is 0 Å². The van der Waals surface area contributed by atoms with Gasteiger partial charge in [0.05, 0.1) is 5.75 Å². The minimum atomic E-state index is -3.54. The van der Waals surface area contributed by atoms with E-state index in [1.54, 1.807) is 13.8 Å². The molecule has 1 aromatic rings. The van der Waals surface area contributed by atoms with Gasteiger partial charge in [-0.25, -0.2) is 8.42 Å². The van der Waals surface area contributed by atoms with Crippen molar-refractivity contribution in [1.29, 1.82) is 0 Å². The Morgan fingerprint density at radius 2 is 2.00 bits per heavy atom. The predicted octanol–water partition coefficient (Wildman–Crippen LogP) is 1.77. The molecule has 1 aliphatic rings. The highest BCUT2D eigenvalue weighted by Gasteiger charge is 2.52. The van der Waals surface area contributed by atoms with Gasteiger partial charge in [0.2, 0.25) is 11.6 Å². The minimum absolute atomic E-state index is 0.0199. The summed E-state index contributed by atoms with van der Waals surface area (Å²) in [4.78, 5) is 0. The molecule has 1 heterocycles. The fraction of sp³-hybridized carbons (Fsp3) is 0.500. The highest BCUT2D eigenvalue weighted by Crippen LogP contribution is 2.37. The van der Waals surface area contributed by atoms with E-state index in [0.29, 0.717) is 6.42 Å². The van der Waals surface area contributed by atoms with E-state index in [9.17, 15) is 13.0 Å². The van der Waals surface area contributed by atoms with Crippen LogP contribution in [0.15, 0.2) is 30.3 Å². The Morgan fingerprint density at radius 3 is 2.58 bits per heavy atom. The van der Waals surface area contributed by atoms with Gasteiger partial charge in [0, 0.05) is 3.71 Å². The van der Waals surface area contributed by atoms with Crippen molar-refractivity contribution in [1.82, 2.24) is 3.71 Å². The van der Waals surface area contributed by atoms with Crippen LogP contribution in [0.25, 0.3) is 0 Å². The fourth-order valence-electron chi connectivity index (χ4n) is 2.13. The van der Waals surface area contributed by atoms with Crippen LogP contribution in [-0.4, -0.2) is 28.5 Å². The zero-order chi connectivity index (χ0) is 14.0. The largest absolute Gasteiger partial charge is 0.565 e. The average Bonchev–Trinajstić information content (AvgIpc) is 2.66.